The lowest BCUT2D eigenvalue weighted by Crippen LogP contribution is -3.10. The zero-order chi connectivity index (χ0) is 20.5. The van der Waals surface area contributed by atoms with Crippen molar-refractivity contribution in [1.82, 2.24) is 30.2 Å². The van der Waals surface area contributed by atoms with Crippen molar-refractivity contribution in [2.45, 2.75) is 41.2 Å². The maximum absolute atomic E-state index is 4.87. The Morgan fingerprint density at radius 1 is 1.00 bits per heavy atom. The minimum Gasteiger partial charge on any atom is -0.329 e. The fourth-order valence-corrected chi connectivity index (χ4v) is 4.38. The van der Waals surface area contributed by atoms with Crippen LogP contribution >= 0.6 is 11.3 Å². The van der Waals surface area contributed by atoms with Crippen LogP contribution in [0, 0.1) is 20.8 Å². The van der Waals surface area contributed by atoms with Gasteiger partial charge in [-0.05, 0) is 45.4 Å². The highest BCUT2D eigenvalue weighted by atomic mass is 32.1. The molecule has 0 radical (unpaired) electrons. The number of tetrazole rings is 1. The quantitative estimate of drug-likeness (QED) is 0.531. The van der Waals surface area contributed by atoms with Crippen molar-refractivity contribution in [3.8, 4) is 17.2 Å². The van der Waals surface area contributed by atoms with Crippen molar-refractivity contribution in [2.24, 2.45) is 0 Å². The van der Waals surface area contributed by atoms with E-state index in [0.717, 1.165) is 41.2 Å². The molecular weight excluding hydrogens is 382 g/mol. The third-order valence-corrected chi connectivity index (χ3v) is 6.48. The Labute approximate surface area is 174 Å². The molecule has 3 aromatic heterocycles. The fraction of sp³-hybridized carbons (Fsp3) is 0.381. The number of thiophene rings is 1. The van der Waals surface area contributed by atoms with Crippen LogP contribution in [0.2, 0.25) is 0 Å². The van der Waals surface area contributed by atoms with Crippen molar-refractivity contribution >= 4 is 21.6 Å². The minimum absolute atomic E-state index is 0.595. The molecule has 3 heterocycles. The number of nitrogens with one attached hydrogen (secondary N) is 1. The van der Waals surface area contributed by atoms with Gasteiger partial charge >= 0.3 is 0 Å². The number of benzene rings is 1. The van der Waals surface area contributed by atoms with Crippen molar-refractivity contribution in [3.63, 3.8) is 0 Å². The van der Waals surface area contributed by atoms with Gasteiger partial charge in [-0.1, -0.05) is 29.8 Å². The van der Waals surface area contributed by atoms with Crippen molar-refractivity contribution < 1.29 is 4.90 Å². The molecule has 0 aliphatic carbocycles. The molecule has 0 spiro atoms. The lowest BCUT2D eigenvalue weighted by Gasteiger charge is -2.14. The Balaban J connectivity index is 1.82. The van der Waals surface area contributed by atoms with E-state index in [0.29, 0.717) is 11.6 Å². The van der Waals surface area contributed by atoms with Gasteiger partial charge in [0.2, 0.25) is 5.82 Å². The predicted octanol–water partition coefficient (Wildman–Crippen LogP) is 2.68. The van der Waals surface area contributed by atoms with E-state index < -0.39 is 0 Å². The second-order valence-corrected chi connectivity index (χ2v) is 8.53. The first-order chi connectivity index (χ1) is 14.0. The van der Waals surface area contributed by atoms with Crippen LogP contribution in [0.3, 0.4) is 0 Å². The molecule has 0 saturated carbocycles. The lowest BCUT2D eigenvalue weighted by atomic mass is 10.1. The first kappa shape index (κ1) is 19.6. The molecule has 1 aromatic carbocycles. The van der Waals surface area contributed by atoms with E-state index in [-0.39, 0.29) is 0 Å². The topological polar surface area (TPSA) is 73.8 Å². The smallest absolute Gasteiger partial charge is 0.205 e. The molecule has 4 rings (SSSR count). The van der Waals surface area contributed by atoms with Crippen molar-refractivity contribution in [2.75, 3.05) is 13.1 Å². The van der Waals surface area contributed by atoms with Crippen LogP contribution in [0.5, 0.6) is 0 Å². The molecule has 0 aliphatic rings. The number of quaternary nitrogens is 1. The van der Waals surface area contributed by atoms with Crippen molar-refractivity contribution in [3.05, 3.63) is 46.1 Å². The van der Waals surface area contributed by atoms with Crippen LogP contribution in [0.1, 0.15) is 35.7 Å². The molecule has 7 nitrogen and oxygen atoms in total. The Hall–Kier alpha value is -2.71. The summed E-state index contributed by atoms with van der Waals surface area (Å²) in [6.07, 6.45) is 0. The number of aryl methyl sites for hydroxylation is 3. The highest BCUT2D eigenvalue weighted by molar-refractivity contribution is 7.18. The first-order valence-electron chi connectivity index (χ1n) is 9.97. The van der Waals surface area contributed by atoms with Crippen LogP contribution in [0.25, 0.3) is 27.4 Å². The van der Waals surface area contributed by atoms with Gasteiger partial charge in [-0.15, -0.1) is 26.3 Å². The number of rotatable bonds is 6. The summed E-state index contributed by atoms with van der Waals surface area (Å²) < 4.78 is 0. The molecule has 0 aliphatic heterocycles. The summed E-state index contributed by atoms with van der Waals surface area (Å²) in [5.41, 5.74) is 3.32. The molecular formula is C21H26N7S+. The van der Waals surface area contributed by atoms with Crippen LogP contribution in [0.15, 0.2) is 24.3 Å². The lowest BCUT2D eigenvalue weighted by molar-refractivity contribution is -0.910. The van der Waals surface area contributed by atoms with Crippen LogP contribution in [0.4, 0.5) is 0 Å². The SMILES string of the molecule is CC[NH+](CC)Cc1nc(-n2nnc(-c3ccc(C)cc3)n2)c2c(C)c(C)sc2n1. The monoisotopic (exact) mass is 408 g/mol. The van der Waals surface area contributed by atoms with Crippen LogP contribution in [-0.2, 0) is 6.54 Å². The van der Waals surface area contributed by atoms with Gasteiger partial charge in [0, 0.05) is 10.4 Å². The highest BCUT2D eigenvalue weighted by Gasteiger charge is 2.20. The fourth-order valence-electron chi connectivity index (χ4n) is 3.34. The Morgan fingerprint density at radius 3 is 2.41 bits per heavy atom. The number of fused-ring (bicyclic) bond motifs is 1. The van der Waals surface area contributed by atoms with Crippen molar-refractivity contribution in [1.29, 1.82) is 0 Å². The normalized spacial score (nSPS) is 11.7. The summed E-state index contributed by atoms with van der Waals surface area (Å²) in [5.74, 6) is 2.13. The Bertz CT molecular complexity index is 1140. The van der Waals surface area contributed by atoms with E-state index in [1.807, 2.05) is 12.1 Å². The molecule has 0 atom stereocenters. The summed E-state index contributed by atoms with van der Waals surface area (Å²) in [6.45, 7) is 13.5. The molecule has 4 aromatic rings. The summed E-state index contributed by atoms with van der Waals surface area (Å²) >= 11 is 1.70. The van der Waals surface area contributed by atoms with E-state index in [1.165, 1.54) is 20.9 Å². The zero-order valence-electron chi connectivity index (χ0n) is 17.5. The second-order valence-electron chi connectivity index (χ2n) is 7.33. The summed E-state index contributed by atoms with van der Waals surface area (Å²) in [6, 6.07) is 8.13. The van der Waals surface area contributed by atoms with E-state index in [4.69, 9.17) is 9.97 Å². The number of hydrogen-bond donors (Lipinski definition) is 1. The maximum atomic E-state index is 4.87. The summed E-state index contributed by atoms with van der Waals surface area (Å²) in [4.78, 5) is 14.9. The van der Waals surface area contributed by atoms with E-state index in [9.17, 15) is 0 Å². The molecule has 1 N–H and O–H groups in total. The van der Waals surface area contributed by atoms with Gasteiger partial charge in [0.05, 0.1) is 18.5 Å². The maximum Gasteiger partial charge on any atom is 0.205 e. The average Bonchev–Trinajstić information content (AvgIpc) is 3.31. The van der Waals surface area contributed by atoms with Crippen LogP contribution in [-0.4, -0.2) is 43.3 Å². The van der Waals surface area contributed by atoms with Gasteiger partial charge in [0.25, 0.3) is 0 Å². The second kappa shape index (κ2) is 7.96. The van der Waals surface area contributed by atoms with Gasteiger partial charge in [-0.25, -0.2) is 9.97 Å². The number of aromatic nitrogens is 6. The molecule has 0 unspecified atom stereocenters. The zero-order valence-corrected chi connectivity index (χ0v) is 18.3. The predicted molar refractivity (Wildman–Crippen MR) is 116 cm³/mol. The molecule has 0 bridgehead atoms. The number of hydrogen-bond acceptors (Lipinski definition) is 6. The number of nitrogens with zero attached hydrogens (tertiary/aromatic N) is 6. The van der Waals surface area contributed by atoms with Gasteiger partial charge in [-0.3, -0.25) is 0 Å². The summed E-state index contributed by atoms with van der Waals surface area (Å²) in [5, 5.41) is 14.3. The largest absolute Gasteiger partial charge is 0.329 e. The average molecular weight is 409 g/mol. The molecule has 0 saturated heterocycles. The summed E-state index contributed by atoms with van der Waals surface area (Å²) in [7, 11) is 0. The minimum atomic E-state index is 0.595. The third-order valence-electron chi connectivity index (χ3n) is 5.38. The van der Waals surface area contributed by atoms with Gasteiger partial charge in [-0.2, -0.15) is 0 Å². The van der Waals surface area contributed by atoms with E-state index >= 15 is 0 Å². The third kappa shape index (κ3) is 3.77. The molecule has 0 amide bonds. The van der Waals surface area contributed by atoms with E-state index in [1.54, 1.807) is 16.1 Å². The first-order valence-corrected chi connectivity index (χ1v) is 10.8. The van der Waals surface area contributed by atoms with Gasteiger partial charge in [0.1, 0.15) is 11.4 Å². The Morgan fingerprint density at radius 2 is 1.72 bits per heavy atom. The molecule has 150 valence electrons. The van der Waals surface area contributed by atoms with Crippen LogP contribution < -0.4 is 4.90 Å². The molecule has 29 heavy (non-hydrogen) atoms. The standard InChI is InChI=1S/C21H25N7S/c1-6-27(7-2)12-17-22-20(18-14(4)15(5)29-21(18)23-17)28-25-19(24-26-28)16-10-8-13(3)9-11-16/h8-11H,6-7,12H2,1-5H3/p+1. The molecule has 0 fully saturated rings. The van der Waals surface area contributed by atoms with Gasteiger partial charge < -0.3 is 4.90 Å². The van der Waals surface area contributed by atoms with Gasteiger partial charge in [0.15, 0.2) is 11.6 Å². The van der Waals surface area contributed by atoms with E-state index in [2.05, 4.69) is 62.2 Å². The molecule has 8 heteroatoms. The Kier molecular flexibility index (Phi) is 5.38. The highest BCUT2D eigenvalue weighted by Crippen LogP contribution is 2.32.